The molecule has 1 aliphatic heterocycles. The molecule has 0 aliphatic carbocycles. The Hall–Kier alpha value is -3.93. The minimum atomic E-state index is -4.04. The quantitative estimate of drug-likeness (QED) is 0.241. The van der Waals surface area contributed by atoms with E-state index in [0.717, 1.165) is 16.8 Å². The molecule has 3 aromatic rings. The normalized spacial score (nSPS) is 14.5. The number of nitrogens with one attached hydrogen (secondary N) is 2. The van der Waals surface area contributed by atoms with Gasteiger partial charge in [0.25, 0.3) is 5.91 Å². The van der Waals surface area contributed by atoms with Gasteiger partial charge >= 0.3 is 0 Å². The molecule has 4 N–H and O–H groups in total. The van der Waals surface area contributed by atoms with Gasteiger partial charge in [0.15, 0.2) is 0 Å². The van der Waals surface area contributed by atoms with E-state index in [1.165, 1.54) is 4.31 Å². The summed E-state index contributed by atoms with van der Waals surface area (Å²) in [5, 5.41) is 23.3. The number of nitrogens with zero attached hydrogens (tertiary/aromatic N) is 2. The molecule has 0 aromatic heterocycles. The zero-order chi connectivity index (χ0) is 29.7. The average molecular weight is 581 g/mol. The number of amides is 2. The van der Waals surface area contributed by atoms with Crippen LogP contribution in [0, 0.1) is 5.92 Å². The number of carbonyl (C=O) groups is 2. The number of hydrogen-bond acceptors (Lipinski definition) is 7. The van der Waals surface area contributed by atoms with Gasteiger partial charge in [-0.15, -0.1) is 0 Å². The Morgan fingerprint density at radius 1 is 1.05 bits per heavy atom. The maximum absolute atomic E-state index is 13.7. The van der Waals surface area contributed by atoms with Gasteiger partial charge in [0.1, 0.15) is 0 Å². The van der Waals surface area contributed by atoms with E-state index in [1.54, 1.807) is 54.4 Å². The molecule has 0 saturated carbocycles. The van der Waals surface area contributed by atoms with Crippen LogP contribution in [0.5, 0.6) is 0 Å². The zero-order valence-corrected chi connectivity index (χ0v) is 24.1. The van der Waals surface area contributed by atoms with Crippen LogP contribution >= 0.6 is 0 Å². The number of likely N-dealkylation sites (N-methyl/N-ethyl adjacent to an activating group) is 1. The highest BCUT2D eigenvalue weighted by atomic mass is 32.2. The summed E-state index contributed by atoms with van der Waals surface area (Å²) in [5.41, 5.74) is 5.44. The molecule has 1 aliphatic rings. The molecular formula is C30H36N4O6S. The van der Waals surface area contributed by atoms with Crippen LogP contribution in [0.4, 0.5) is 17.1 Å². The minimum Gasteiger partial charge on any atom is -0.390 e. The second-order valence-corrected chi connectivity index (χ2v) is 12.6. The van der Waals surface area contributed by atoms with Gasteiger partial charge < -0.3 is 15.3 Å². The first-order valence-electron chi connectivity index (χ1n) is 13.4. The smallest absolute Gasteiger partial charge is 0.251 e. The van der Waals surface area contributed by atoms with Crippen molar-refractivity contribution >= 4 is 38.9 Å². The lowest BCUT2D eigenvalue weighted by atomic mass is 10.0. The third-order valence-corrected chi connectivity index (χ3v) is 8.82. The third kappa shape index (κ3) is 7.24. The second-order valence-electron chi connectivity index (χ2n) is 10.7. The Bertz CT molecular complexity index is 1480. The Kier molecular flexibility index (Phi) is 9.31. The molecule has 11 heteroatoms. The fourth-order valence-corrected chi connectivity index (χ4v) is 6.66. The highest BCUT2D eigenvalue weighted by Gasteiger charge is 2.32. The Balaban J connectivity index is 1.58. The van der Waals surface area contributed by atoms with E-state index in [9.17, 15) is 23.1 Å². The lowest BCUT2D eigenvalue weighted by Gasteiger charge is -2.30. The van der Waals surface area contributed by atoms with Crippen molar-refractivity contribution in [3.63, 3.8) is 0 Å². The lowest BCUT2D eigenvalue weighted by Crippen LogP contribution is -2.50. The molecule has 4 rings (SSSR count). The number of benzene rings is 3. The summed E-state index contributed by atoms with van der Waals surface area (Å²) in [4.78, 5) is 27.0. The predicted octanol–water partition coefficient (Wildman–Crippen LogP) is 3.20. The van der Waals surface area contributed by atoms with Crippen LogP contribution in [0.2, 0.25) is 0 Å². The summed E-state index contributed by atoms with van der Waals surface area (Å²) < 4.78 is 28.6. The molecule has 0 radical (unpaired) electrons. The largest absolute Gasteiger partial charge is 0.390 e. The van der Waals surface area contributed by atoms with Gasteiger partial charge in [-0.1, -0.05) is 44.2 Å². The first-order valence-corrected chi connectivity index (χ1v) is 15.0. The first kappa shape index (κ1) is 30.0. The molecule has 0 spiro atoms. The van der Waals surface area contributed by atoms with Crippen molar-refractivity contribution in [2.45, 2.75) is 38.8 Å². The number of hydrogen-bond donors (Lipinski definition) is 4. The summed E-state index contributed by atoms with van der Waals surface area (Å²) in [6, 6.07) is 19.5. The summed E-state index contributed by atoms with van der Waals surface area (Å²) in [6.45, 7) is 3.96. The fraction of sp³-hybridized carbons (Fsp3) is 0.333. The van der Waals surface area contributed by atoms with E-state index in [4.69, 9.17) is 5.21 Å². The Morgan fingerprint density at radius 2 is 1.73 bits per heavy atom. The van der Waals surface area contributed by atoms with E-state index < -0.39 is 33.8 Å². The van der Waals surface area contributed by atoms with Gasteiger partial charge in [0.2, 0.25) is 15.9 Å². The molecule has 218 valence electrons. The second kappa shape index (κ2) is 12.7. The van der Waals surface area contributed by atoms with Crippen molar-refractivity contribution in [1.29, 1.82) is 0 Å². The van der Waals surface area contributed by atoms with Crippen molar-refractivity contribution in [2.24, 2.45) is 5.92 Å². The topological polar surface area (TPSA) is 139 Å². The van der Waals surface area contributed by atoms with Gasteiger partial charge in [0, 0.05) is 24.8 Å². The number of aliphatic hydroxyl groups is 1. The van der Waals surface area contributed by atoms with Gasteiger partial charge in [-0.25, -0.2) is 8.42 Å². The number of aliphatic hydroxyl groups excluding tert-OH is 1. The lowest BCUT2D eigenvalue weighted by molar-refractivity contribution is -0.117. The van der Waals surface area contributed by atoms with Crippen molar-refractivity contribution in [1.82, 2.24) is 5.32 Å². The molecule has 10 nitrogen and oxygen atoms in total. The molecule has 1 heterocycles. The fourth-order valence-electron chi connectivity index (χ4n) is 4.85. The maximum Gasteiger partial charge on any atom is 0.251 e. The van der Waals surface area contributed by atoms with Crippen LogP contribution in [-0.2, 0) is 27.7 Å². The molecule has 3 aromatic carbocycles. The number of carbonyl (C=O) groups excluding carboxylic acids is 2. The zero-order valence-electron chi connectivity index (χ0n) is 23.3. The van der Waals surface area contributed by atoms with Gasteiger partial charge in [-0.2, -0.15) is 0 Å². The number of fused-ring (bicyclic) bond motifs is 1. The molecule has 0 saturated heterocycles. The first-order chi connectivity index (χ1) is 19.5. The third-order valence-electron chi connectivity index (χ3n) is 7.03. The van der Waals surface area contributed by atoms with Crippen molar-refractivity contribution in [3.8, 4) is 0 Å². The maximum atomic E-state index is 13.7. The number of sulfonamides is 1. The summed E-state index contributed by atoms with van der Waals surface area (Å²) >= 11 is 0. The highest BCUT2D eigenvalue weighted by molar-refractivity contribution is 7.92. The SMILES string of the molecule is CC(C)CN(c1ccc(NO)cc1)S(=O)(=O)C[C@H](O)[C@H](Cc1ccccc1)NC(=O)c1ccc2c(c1)CC(=O)N2C. The van der Waals surface area contributed by atoms with Gasteiger partial charge in [0.05, 0.1) is 35.7 Å². The summed E-state index contributed by atoms with van der Waals surface area (Å²) in [5.74, 6) is -1.17. The van der Waals surface area contributed by atoms with Crippen LogP contribution in [0.15, 0.2) is 72.8 Å². The molecule has 0 unspecified atom stereocenters. The van der Waals surface area contributed by atoms with E-state index in [1.807, 2.05) is 49.7 Å². The van der Waals surface area contributed by atoms with Crippen molar-refractivity contribution < 1.29 is 28.3 Å². The monoisotopic (exact) mass is 580 g/mol. The van der Waals surface area contributed by atoms with Crippen molar-refractivity contribution in [3.05, 3.63) is 89.5 Å². The average Bonchev–Trinajstić information content (AvgIpc) is 3.23. The number of rotatable bonds is 12. The van der Waals surface area contributed by atoms with Crippen LogP contribution in [0.1, 0.15) is 35.3 Å². The highest BCUT2D eigenvalue weighted by Crippen LogP contribution is 2.28. The van der Waals surface area contributed by atoms with Crippen LogP contribution in [0.3, 0.4) is 0 Å². The van der Waals surface area contributed by atoms with E-state index in [-0.39, 0.29) is 31.2 Å². The molecule has 0 fully saturated rings. The Labute approximate surface area is 240 Å². The molecule has 2 atom stereocenters. The molecule has 41 heavy (non-hydrogen) atoms. The molecular weight excluding hydrogens is 544 g/mol. The van der Waals surface area contributed by atoms with E-state index in [2.05, 4.69) is 5.32 Å². The standard InChI is InChI=1S/C30H36N4O6S/c1-20(2)18-34(25-12-10-24(32-38)11-13-25)41(39,40)19-28(35)26(15-21-7-5-4-6-8-21)31-30(37)22-9-14-27-23(16-22)17-29(36)33(27)3/h4-14,16,20,26,28,32,35,38H,15,17-19H2,1-3H3,(H,31,37)/t26-,28-/m0/s1. The minimum absolute atomic E-state index is 0.0110. The number of anilines is 3. The van der Waals surface area contributed by atoms with E-state index in [0.29, 0.717) is 16.9 Å². The molecule has 0 bridgehead atoms. The Morgan fingerprint density at radius 3 is 2.37 bits per heavy atom. The summed E-state index contributed by atoms with van der Waals surface area (Å²) in [6.07, 6.45) is -1.03. The van der Waals surface area contributed by atoms with Gasteiger partial charge in [-0.05, 0) is 65.9 Å². The summed E-state index contributed by atoms with van der Waals surface area (Å²) in [7, 11) is -2.36. The predicted molar refractivity (Wildman–Crippen MR) is 159 cm³/mol. The van der Waals surface area contributed by atoms with E-state index >= 15 is 0 Å². The van der Waals surface area contributed by atoms with Crippen LogP contribution in [0.25, 0.3) is 0 Å². The van der Waals surface area contributed by atoms with Gasteiger partial charge in [-0.3, -0.25) is 24.6 Å². The van der Waals surface area contributed by atoms with Crippen LogP contribution in [-0.4, -0.2) is 62.0 Å². The van der Waals surface area contributed by atoms with Crippen molar-refractivity contribution in [2.75, 3.05) is 34.0 Å². The molecule has 2 amide bonds. The van der Waals surface area contributed by atoms with Crippen LogP contribution < -0.4 is 20.0 Å².